The second-order valence-electron chi connectivity index (χ2n) is 6.43. The Morgan fingerprint density at radius 2 is 1.93 bits per heavy atom. The molecule has 4 aromatic rings. The molecule has 0 unspecified atom stereocenters. The smallest absolute Gasteiger partial charge is 0.251 e. The summed E-state index contributed by atoms with van der Waals surface area (Å²) in [6.07, 6.45) is 0.662. The lowest BCUT2D eigenvalue weighted by molar-refractivity contribution is 0.0949. The van der Waals surface area contributed by atoms with E-state index in [1.54, 1.807) is 18.2 Å². The summed E-state index contributed by atoms with van der Waals surface area (Å²) < 4.78 is 5.04. The topological polar surface area (TPSA) is 88.2 Å². The molecule has 0 bridgehead atoms. The van der Waals surface area contributed by atoms with E-state index in [0.29, 0.717) is 23.7 Å². The minimum absolute atomic E-state index is 0.195. The first-order chi connectivity index (χ1) is 13.6. The van der Waals surface area contributed by atoms with Crippen molar-refractivity contribution in [3.63, 3.8) is 0 Å². The molecule has 0 aliphatic heterocycles. The highest BCUT2D eigenvalue weighted by atomic mass is 16.5. The molecule has 0 saturated heterocycles. The Bertz CT molecular complexity index is 1130. The molecule has 0 spiro atoms. The van der Waals surface area contributed by atoms with E-state index in [1.165, 1.54) is 0 Å². The fraction of sp³-hybridized carbons (Fsp3) is 0.136. The normalized spacial score (nSPS) is 10.9. The minimum atomic E-state index is -0.195. The lowest BCUT2D eigenvalue weighted by Gasteiger charge is -2.09. The Morgan fingerprint density at radius 1 is 1.11 bits per heavy atom. The van der Waals surface area contributed by atoms with Crippen molar-refractivity contribution < 1.29 is 14.4 Å². The van der Waals surface area contributed by atoms with Gasteiger partial charge in [-0.3, -0.25) is 4.79 Å². The molecule has 6 heteroatoms. The molecule has 1 aromatic heterocycles. The zero-order chi connectivity index (χ0) is 19.5. The maximum Gasteiger partial charge on any atom is 0.251 e. The lowest BCUT2D eigenvalue weighted by Crippen LogP contribution is -2.23. The van der Waals surface area contributed by atoms with Crippen LogP contribution in [0.2, 0.25) is 0 Å². The summed E-state index contributed by atoms with van der Waals surface area (Å²) >= 11 is 0. The average Bonchev–Trinajstić information content (AvgIpc) is 3.20. The van der Waals surface area contributed by atoms with Gasteiger partial charge in [-0.1, -0.05) is 48.5 Å². The minimum Gasteiger partial charge on any atom is -0.508 e. The number of rotatable bonds is 5. The summed E-state index contributed by atoms with van der Waals surface area (Å²) in [5.41, 5.74) is 2.61. The van der Waals surface area contributed by atoms with Gasteiger partial charge in [-0.05, 0) is 46.2 Å². The first-order valence-electron chi connectivity index (χ1n) is 9.06. The van der Waals surface area contributed by atoms with Gasteiger partial charge in [-0.25, -0.2) is 0 Å². The van der Waals surface area contributed by atoms with Crippen LogP contribution in [0.15, 0.2) is 65.2 Å². The van der Waals surface area contributed by atoms with E-state index in [1.807, 2.05) is 49.4 Å². The number of aromatic nitrogens is 2. The predicted octanol–water partition coefficient (Wildman–Crippen LogP) is 4.09. The van der Waals surface area contributed by atoms with Gasteiger partial charge in [-0.15, -0.1) is 0 Å². The van der Waals surface area contributed by atoms with Crippen LogP contribution in [0, 0.1) is 0 Å². The number of aromatic hydroxyl groups is 1. The Hall–Kier alpha value is -3.67. The van der Waals surface area contributed by atoms with Crippen LogP contribution in [0.5, 0.6) is 5.75 Å². The molecular weight excluding hydrogens is 354 g/mol. The third-order valence-electron chi connectivity index (χ3n) is 4.54. The average molecular weight is 373 g/mol. The second-order valence-corrected chi connectivity index (χ2v) is 6.43. The molecule has 0 fully saturated rings. The summed E-state index contributed by atoms with van der Waals surface area (Å²) in [5, 5.41) is 18.2. The molecule has 6 nitrogen and oxygen atoms in total. The molecule has 0 atom stereocenters. The van der Waals surface area contributed by atoms with E-state index < -0.39 is 0 Å². The number of fused-ring (bicyclic) bond motifs is 1. The zero-order valence-electron chi connectivity index (χ0n) is 15.3. The van der Waals surface area contributed by atoms with Gasteiger partial charge in [0.15, 0.2) is 5.82 Å². The van der Waals surface area contributed by atoms with Crippen LogP contribution >= 0.6 is 0 Å². The molecule has 2 N–H and O–H groups in total. The van der Waals surface area contributed by atoms with Gasteiger partial charge in [0.2, 0.25) is 5.89 Å². The van der Waals surface area contributed by atoms with E-state index in [4.69, 9.17) is 4.52 Å². The van der Waals surface area contributed by atoms with Gasteiger partial charge in [0.25, 0.3) is 5.91 Å². The first-order valence-corrected chi connectivity index (χ1v) is 9.06. The van der Waals surface area contributed by atoms with Gasteiger partial charge >= 0.3 is 0 Å². The Balaban J connectivity index is 1.57. The maximum absolute atomic E-state index is 12.5. The summed E-state index contributed by atoms with van der Waals surface area (Å²) in [6.45, 7) is 2.14. The van der Waals surface area contributed by atoms with Crippen LogP contribution in [-0.4, -0.2) is 21.2 Å². The fourth-order valence-corrected chi connectivity index (χ4v) is 3.08. The van der Waals surface area contributed by atoms with Gasteiger partial charge in [-0.2, -0.15) is 4.98 Å². The van der Waals surface area contributed by atoms with Crippen molar-refractivity contribution in [1.29, 1.82) is 0 Å². The Kier molecular flexibility index (Phi) is 4.76. The highest BCUT2D eigenvalue weighted by molar-refractivity contribution is 6.02. The van der Waals surface area contributed by atoms with Crippen molar-refractivity contribution >= 4 is 16.7 Å². The number of carbonyl (C=O) groups excluding carboxylic acids is 1. The number of hydrogen-bond acceptors (Lipinski definition) is 5. The number of hydrogen-bond donors (Lipinski definition) is 2. The van der Waals surface area contributed by atoms with Crippen LogP contribution in [0.1, 0.15) is 29.0 Å². The largest absolute Gasteiger partial charge is 0.508 e. The lowest BCUT2D eigenvalue weighted by atomic mass is 9.97. The third-order valence-corrected chi connectivity index (χ3v) is 4.54. The second kappa shape index (κ2) is 7.52. The molecule has 3 aromatic carbocycles. The summed E-state index contributed by atoms with van der Waals surface area (Å²) in [7, 11) is 0. The number of aryl methyl sites for hydroxylation is 1. The summed E-state index contributed by atoms with van der Waals surface area (Å²) in [5.74, 6) is 1.05. The quantitative estimate of drug-likeness (QED) is 0.550. The number of nitrogens with zero attached hydrogens (tertiary/aromatic N) is 2. The monoisotopic (exact) mass is 373 g/mol. The molecule has 0 aliphatic carbocycles. The molecule has 0 saturated carbocycles. The standard InChI is InChI=1S/C22H19N3O3/c1-2-21-24-20(25-28-21)13-23-22(27)16-8-11-19-15(12-16)4-3-5-18(19)14-6-9-17(26)10-7-14/h3-12,26H,2,13H2,1H3,(H,23,27). The van der Waals surface area contributed by atoms with E-state index >= 15 is 0 Å². The van der Waals surface area contributed by atoms with Crippen LogP contribution < -0.4 is 5.32 Å². The molecule has 0 aliphatic rings. The van der Waals surface area contributed by atoms with Crippen LogP contribution in [0.4, 0.5) is 0 Å². The van der Waals surface area contributed by atoms with Crippen molar-refractivity contribution in [2.45, 2.75) is 19.9 Å². The van der Waals surface area contributed by atoms with Crippen LogP contribution in [0.3, 0.4) is 0 Å². The Morgan fingerprint density at radius 3 is 2.68 bits per heavy atom. The van der Waals surface area contributed by atoms with Gasteiger partial charge in [0, 0.05) is 12.0 Å². The van der Waals surface area contributed by atoms with Gasteiger partial charge in [0.1, 0.15) is 5.75 Å². The van der Waals surface area contributed by atoms with Crippen molar-refractivity contribution in [3.05, 3.63) is 77.9 Å². The summed E-state index contributed by atoms with van der Waals surface area (Å²) in [4.78, 5) is 16.7. The molecule has 28 heavy (non-hydrogen) atoms. The van der Waals surface area contributed by atoms with E-state index in [0.717, 1.165) is 21.9 Å². The van der Waals surface area contributed by atoms with E-state index in [-0.39, 0.29) is 18.2 Å². The molecule has 140 valence electrons. The van der Waals surface area contributed by atoms with E-state index in [9.17, 15) is 9.90 Å². The van der Waals surface area contributed by atoms with Gasteiger partial charge < -0.3 is 14.9 Å². The first kappa shape index (κ1) is 17.7. The van der Waals surface area contributed by atoms with Crippen molar-refractivity contribution in [3.8, 4) is 16.9 Å². The predicted molar refractivity (Wildman–Crippen MR) is 106 cm³/mol. The molecular formula is C22H19N3O3. The number of nitrogens with one attached hydrogen (secondary N) is 1. The number of carbonyl (C=O) groups is 1. The molecule has 0 radical (unpaired) electrons. The number of phenols is 1. The SMILES string of the molecule is CCc1nc(CNC(=O)c2ccc3c(-c4ccc(O)cc4)cccc3c2)no1. The van der Waals surface area contributed by atoms with Crippen LogP contribution in [0.25, 0.3) is 21.9 Å². The number of phenolic OH excluding ortho intramolecular Hbond substituents is 1. The van der Waals surface area contributed by atoms with Crippen molar-refractivity contribution in [2.24, 2.45) is 0 Å². The van der Waals surface area contributed by atoms with Gasteiger partial charge in [0.05, 0.1) is 6.54 Å². The summed E-state index contributed by atoms with van der Waals surface area (Å²) in [6, 6.07) is 18.6. The fourth-order valence-electron chi connectivity index (χ4n) is 3.08. The maximum atomic E-state index is 12.5. The Labute approximate surface area is 161 Å². The zero-order valence-corrected chi connectivity index (χ0v) is 15.3. The highest BCUT2D eigenvalue weighted by Crippen LogP contribution is 2.30. The van der Waals surface area contributed by atoms with Crippen LogP contribution in [-0.2, 0) is 13.0 Å². The van der Waals surface area contributed by atoms with E-state index in [2.05, 4.69) is 15.5 Å². The molecule has 1 heterocycles. The number of amides is 1. The van der Waals surface area contributed by atoms with Crippen molar-refractivity contribution in [2.75, 3.05) is 0 Å². The number of benzene rings is 3. The third kappa shape index (κ3) is 3.57. The molecule has 4 rings (SSSR count). The highest BCUT2D eigenvalue weighted by Gasteiger charge is 2.11. The van der Waals surface area contributed by atoms with Crippen molar-refractivity contribution in [1.82, 2.24) is 15.5 Å². The molecule has 1 amide bonds.